The lowest BCUT2D eigenvalue weighted by Gasteiger charge is -2.09. The van der Waals surface area contributed by atoms with Gasteiger partial charge in [0, 0.05) is 0 Å². The van der Waals surface area contributed by atoms with Crippen molar-refractivity contribution in [3.8, 4) is 5.75 Å². The number of hydrogen-bond acceptors (Lipinski definition) is 3. The van der Waals surface area contributed by atoms with Gasteiger partial charge in [-0.3, -0.25) is 4.55 Å². The Morgan fingerprint density at radius 1 is 0.800 bits per heavy atom. The van der Waals surface area contributed by atoms with E-state index in [1.165, 1.54) is 70.3 Å². The first-order valence-electron chi connectivity index (χ1n) is 9.75. The summed E-state index contributed by atoms with van der Waals surface area (Å²) in [5, 5.41) is 0. The highest BCUT2D eigenvalue weighted by Crippen LogP contribution is 2.23. The van der Waals surface area contributed by atoms with Crippen LogP contribution in [-0.2, 0) is 10.1 Å². The Bertz CT molecular complexity index is 555. The molecule has 0 amide bonds. The fraction of sp³-hybridized carbons (Fsp3) is 0.700. The molecule has 0 spiro atoms. The Balaban J connectivity index is 2.01. The minimum Gasteiger partial charge on any atom is -0.492 e. The van der Waals surface area contributed by atoms with Crippen molar-refractivity contribution in [3.63, 3.8) is 0 Å². The SMILES string of the molecule is CCCCCCCCCCCCCCOc1ccccc1S(=O)(=O)O. The van der Waals surface area contributed by atoms with E-state index in [4.69, 9.17) is 9.29 Å². The maximum atomic E-state index is 11.3. The second kappa shape index (κ2) is 13.2. The Labute approximate surface area is 153 Å². The van der Waals surface area contributed by atoms with Crippen LogP contribution >= 0.6 is 0 Å². The zero-order valence-corrected chi connectivity index (χ0v) is 16.4. The quantitative estimate of drug-likeness (QED) is 0.303. The first kappa shape index (κ1) is 22.0. The third kappa shape index (κ3) is 10.5. The van der Waals surface area contributed by atoms with Crippen LogP contribution in [0, 0.1) is 0 Å². The van der Waals surface area contributed by atoms with E-state index >= 15 is 0 Å². The van der Waals surface area contributed by atoms with E-state index in [0.717, 1.165) is 12.8 Å². The van der Waals surface area contributed by atoms with E-state index < -0.39 is 10.1 Å². The first-order valence-corrected chi connectivity index (χ1v) is 11.2. The van der Waals surface area contributed by atoms with Gasteiger partial charge < -0.3 is 4.74 Å². The molecule has 0 saturated heterocycles. The highest BCUT2D eigenvalue weighted by molar-refractivity contribution is 7.86. The van der Waals surface area contributed by atoms with Gasteiger partial charge in [0.25, 0.3) is 10.1 Å². The van der Waals surface area contributed by atoms with E-state index in [0.29, 0.717) is 6.61 Å². The molecule has 1 N–H and O–H groups in total. The molecule has 1 aromatic rings. The van der Waals surface area contributed by atoms with Crippen molar-refractivity contribution in [2.24, 2.45) is 0 Å². The van der Waals surface area contributed by atoms with Gasteiger partial charge in [-0.25, -0.2) is 0 Å². The van der Waals surface area contributed by atoms with Crippen LogP contribution in [0.3, 0.4) is 0 Å². The maximum Gasteiger partial charge on any atom is 0.298 e. The third-order valence-corrected chi connectivity index (χ3v) is 5.28. The summed E-state index contributed by atoms with van der Waals surface area (Å²) >= 11 is 0. The summed E-state index contributed by atoms with van der Waals surface area (Å²) in [5.41, 5.74) is 0. The van der Waals surface area contributed by atoms with Crippen molar-refractivity contribution in [2.45, 2.75) is 88.9 Å². The van der Waals surface area contributed by atoms with Gasteiger partial charge in [-0.1, -0.05) is 89.7 Å². The molecule has 0 saturated carbocycles. The average Bonchev–Trinajstić information content (AvgIpc) is 2.58. The number of unbranched alkanes of at least 4 members (excludes halogenated alkanes) is 11. The third-order valence-electron chi connectivity index (χ3n) is 4.38. The molecule has 0 radical (unpaired) electrons. The minimum absolute atomic E-state index is 0.158. The Hall–Kier alpha value is -1.07. The molecule has 0 aliphatic rings. The molecule has 25 heavy (non-hydrogen) atoms. The van der Waals surface area contributed by atoms with Crippen LogP contribution in [0.15, 0.2) is 29.2 Å². The summed E-state index contributed by atoms with van der Waals surface area (Å²) in [6.45, 7) is 2.72. The highest BCUT2D eigenvalue weighted by atomic mass is 32.2. The van der Waals surface area contributed by atoms with Gasteiger partial charge >= 0.3 is 0 Å². The van der Waals surface area contributed by atoms with Gasteiger partial charge in [0.15, 0.2) is 0 Å². The van der Waals surface area contributed by atoms with E-state index in [9.17, 15) is 8.42 Å². The van der Waals surface area contributed by atoms with Crippen molar-refractivity contribution >= 4 is 10.1 Å². The summed E-state index contributed by atoms with van der Waals surface area (Å²) in [4.78, 5) is -0.158. The van der Waals surface area contributed by atoms with Crippen LogP contribution in [0.5, 0.6) is 5.75 Å². The summed E-state index contributed by atoms with van der Waals surface area (Å²) in [5.74, 6) is 0.230. The lowest BCUT2D eigenvalue weighted by atomic mass is 10.1. The zero-order valence-electron chi connectivity index (χ0n) is 15.6. The molecule has 0 aliphatic heterocycles. The summed E-state index contributed by atoms with van der Waals surface area (Å²) in [6, 6.07) is 6.20. The van der Waals surface area contributed by atoms with E-state index in [1.54, 1.807) is 18.2 Å². The largest absolute Gasteiger partial charge is 0.492 e. The monoisotopic (exact) mass is 370 g/mol. The Morgan fingerprint density at radius 3 is 1.80 bits per heavy atom. The number of hydrogen-bond donors (Lipinski definition) is 1. The molecule has 0 fully saturated rings. The smallest absolute Gasteiger partial charge is 0.298 e. The molecule has 0 unspecified atom stereocenters. The molecule has 144 valence electrons. The maximum absolute atomic E-state index is 11.3. The van der Waals surface area contributed by atoms with Crippen molar-refractivity contribution in [1.82, 2.24) is 0 Å². The van der Waals surface area contributed by atoms with Gasteiger partial charge in [-0.15, -0.1) is 0 Å². The van der Waals surface area contributed by atoms with Crippen LogP contribution in [0.2, 0.25) is 0 Å². The van der Waals surface area contributed by atoms with E-state index in [2.05, 4.69) is 6.92 Å². The van der Waals surface area contributed by atoms with Gasteiger partial charge in [0.2, 0.25) is 0 Å². The molecule has 0 bridgehead atoms. The molecule has 4 nitrogen and oxygen atoms in total. The molecule has 0 aliphatic carbocycles. The van der Waals surface area contributed by atoms with Crippen LogP contribution in [0.25, 0.3) is 0 Å². The van der Waals surface area contributed by atoms with Gasteiger partial charge in [-0.2, -0.15) is 8.42 Å². The number of benzene rings is 1. The van der Waals surface area contributed by atoms with Crippen molar-refractivity contribution in [2.75, 3.05) is 6.61 Å². The van der Waals surface area contributed by atoms with Gasteiger partial charge in [-0.05, 0) is 18.6 Å². The lowest BCUT2D eigenvalue weighted by Crippen LogP contribution is -2.04. The highest BCUT2D eigenvalue weighted by Gasteiger charge is 2.15. The number of para-hydroxylation sites is 1. The second-order valence-electron chi connectivity index (χ2n) is 6.66. The summed E-state index contributed by atoms with van der Waals surface area (Å²) in [6.07, 6.45) is 15.3. The molecule has 1 aromatic carbocycles. The Kier molecular flexibility index (Phi) is 11.6. The summed E-state index contributed by atoms with van der Waals surface area (Å²) in [7, 11) is -4.23. The molecule has 0 aromatic heterocycles. The predicted octanol–water partition coefficient (Wildman–Crippen LogP) is 6.01. The van der Waals surface area contributed by atoms with E-state index in [-0.39, 0.29) is 10.6 Å². The fourth-order valence-corrected chi connectivity index (χ4v) is 3.54. The molecule has 1 rings (SSSR count). The van der Waals surface area contributed by atoms with Crippen LogP contribution in [0.4, 0.5) is 0 Å². The van der Waals surface area contributed by atoms with Crippen LogP contribution in [-0.4, -0.2) is 19.6 Å². The number of ether oxygens (including phenoxy) is 1. The minimum atomic E-state index is -4.23. The molecule has 5 heteroatoms. The van der Waals surface area contributed by atoms with Crippen molar-refractivity contribution < 1.29 is 17.7 Å². The first-order chi connectivity index (χ1) is 12.1. The van der Waals surface area contributed by atoms with Gasteiger partial charge in [0.05, 0.1) is 6.61 Å². The average molecular weight is 371 g/mol. The summed E-state index contributed by atoms with van der Waals surface area (Å²) < 4.78 is 37.2. The molecule has 0 heterocycles. The van der Waals surface area contributed by atoms with Crippen LogP contribution < -0.4 is 4.74 Å². The predicted molar refractivity (Wildman–Crippen MR) is 103 cm³/mol. The zero-order chi connectivity index (χ0) is 18.4. The Morgan fingerprint density at radius 2 is 1.28 bits per heavy atom. The second-order valence-corrected chi connectivity index (χ2v) is 8.05. The topological polar surface area (TPSA) is 63.6 Å². The van der Waals surface area contributed by atoms with Crippen LogP contribution in [0.1, 0.15) is 84.0 Å². The van der Waals surface area contributed by atoms with Crippen molar-refractivity contribution in [1.29, 1.82) is 0 Å². The van der Waals surface area contributed by atoms with Gasteiger partial charge in [0.1, 0.15) is 10.6 Å². The molecule has 0 atom stereocenters. The molecular weight excluding hydrogens is 336 g/mol. The fourth-order valence-electron chi connectivity index (χ4n) is 2.91. The normalized spacial score (nSPS) is 11.6. The lowest BCUT2D eigenvalue weighted by molar-refractivity contribution is 0.295. The standard InChI is InChI=1S/C20H34O4S/c1-2-3-4-5-6-7-8-9-10-11-12-15-18-24-19-16-13-14-17-20(19)25(21,22)23/h13-14,16-17H,2-12,15,18H2,1H3,(H,21,22,23). The molecular formula is C20H34O4S. The van der Waals surface area contributed by atoms with Crippen molar-refractivity contribution in [3.05, 3.63) is 24.3 Å². The van der Waals surface area contributed by atoms with E-state index in [1.807, 2.05) is 0 Å². The number of rotatable bonds is 15.